The average molecular weight is 525 g/mol. The Bertz CT molecular complexity index is 780. The normalized spacial score (nSPS) is 13.5. The van der Waals surface area contributed by atoms with Crippen LogP contribution < -0.4 is 0 Å². The molecule has 0 rings (SSSR count). The van der Waals surface area contributed by atoms with Crippen LogP contribution in [-0.2, 0) is 14.3 Å². The van der Waals surface area contributed by atoms with Gasteiger partial charge in [-0.3, -0.25) is 9.59 Å². The van der Waals surface area contributed by atoms with Crippen LogP contribution in [0.15, 0.2) is 85.1 Å². The van der Waals surface area contributed by atoms with Gasteiger partial charge >= 0.3 is 11.9 Å². The van der Waals surface area contributed by atoms with Gasteiger partial charge in [0.2, 0.25) is 0 Å². The van der Waals surface area contributed by atoms with Gasteiger partial charge < -0.3 is 9.84 Å². The summed E-state index contributed by atoms with van der Waals surface area (Å²) in [5, 5.41) is 8.75. The third-order valence-corrected chi connectivity index (χ3v) is 5.60. The minimum Gasteiger partial charge on any atom is -0.481 e. The standard InChI is InChI=1S/C34H52O4/c1-3-5-7-9-11-12-13-14-15-16-17-18-19-21-27-31-34(37)38-32(28-24-20-10-8-6-4-2)29-25-22-23-26-30-33(35)36/h5,7-8,10-12,14-15,17-18,21,24,27-28,32H,3-4,6,9,13,16,19-20,22-23,25-26,29-31H2,1-2H3,(H,35,36)/b7-5-,10-8-,12-11-,15-14-,18-17-,27-21-,28-24-. The molecule has 4 nitrogen and oxygen atoms in total. The molecule has 212 valence electrons. The van der Waals surface area contributed by atoms with Crippen molar-refractivity contribution >= 4 is 11.9 Å². The van der Waals surface area contributed by atoms with Gasteiger partial charge in [-0.25, -0.2) is 0 Å². The zero-order valence-corrected chi connectivity index (χ0v) is 23.9. The zero-order chi connectivity index (χ0) is 27.9. The fraction of sp³-hybridized carbons (Fsp3) is 0.529. The van der Waals surface area contributed by atoms with Gasteiger partial charge in [-0.2, -0.15) is 0 Å². The van der Waals surface area contributed by atoms with Crippen LogP contribution in [0.1, 0.15) is 110 Å². The molecular formula is C34H52O4. The molecule has 0 amide bonds. The van der Waals surface area contributed by atoms with Gasteiger partial charge in [-0.05, 0) is 70.3 Å². The van der Waals surface area contributed by atoms with Crippen molar-refractivity contribution in [1.29, 1.82) is 0 Å². The summed E-state index contributed by atoms with van der Waals surface area (Å²) >= 11 is 0. The second-order valence-electron chi connectivity index (χ2n) is 9.21. The van der Waals surface area contributed by atoms with Crippen molar-refractivity contribution in [2.45, 2.75) is 116 Å². The summed E-state index contributed by atoms with van der Waals surface area (Å²) in [6, 6.07) is 0. The number of carbonyl (C=O) groups is 2. The number of carbonyl (C=O) groups excluding carboxylic acids is 1. The van der Waals surface area contributed by atoms with E-state index in [1.165, 1.54) is 0 Å². The SMILES string of the molecule is CC/C=C\C/C=C\C/C=C\C/C=C\C/C=C\CC(=O)OC(/C=C\C/C=C\CCC)CCCCCCC(=O)O. The van der Waals surface area contributed by atoms with E-state index in [0.29, 0.717) is 6.42 Å². The van der Waals surface area contributed by atoms with Crippen LogP contribution in [0, 0.1) is 0 Å². The third kappa shape index (κ3) is 27.7. The first-order valence-electron chi connectivity index (χ1n) is 14.6. The molecule has 0 aliphatic carbocycles. The van der Waals surface area contributed by atoms with Crippen LogP contribution >= 0.6 is 0 Å². The predicted molar refractivity (Wildman–Crippen MR) is 162 cm³/mol. The van der Waals surface area contributed by atoms with Crippen LogP contribution in [-0.4, -0.2) is 23.1 Å². The van der Waals surface area contributed by atoms with Crippen molar-refractivity contribution in [1.82, 2.24) is 0 Å². The van der Waals surface area contributed by atoms with Gasteiger partial charge in [-0.1, -0.05) is 112 Å². The number of hydrogen-bond donors (Lipinski definition) is 1. The molecule has 0 bridgehead atoms. The number of carboxylic acids is 1. The lowest BCUT2D eigenvalue weighted by Crippen LogP contribution is -2.15. The molecule has 0 aliphatic rings. The molecule has 1 atom stereocenters. The van der Waals surface area contributed by atoms with E-state index >= 15 is 0 Å². The van der Waals surface area contributed by atoms with Gasteiger partial charge in [-0.15, -0.1) is 0 Å². The van der Waals surface area contributed by atoms with Gasteiger partial charge in [0.05, 0.1) is 6.42 Å². The minimum absolute atomic E-state index is 0.214. The van der Waals surface area contributed by atoms with Crippen molar-refractivity contribution in [3.63, 3.8) is 0 Å². The van der Waals surface area contributed by atoms with Gasteiger partial charge in [0, 0.05) is 6.42 Å². The fourth-order valence-electron chi connectivity index (χ4n) is 3.51. The second kappa shape index (κ2) is 28.7. The molecule has 4 heteroatoms. The van der Waals surface area contributed by atoms with Gasteiger partial charge in [0.25, 0.3) is 0 Å². The van der Waals surface area contributed by atoms with E-state index in [0.717, 1.165) is 77.0 Å². The van der Waals surface area contributed by atoms with Crippen LogP contribution in [0.4, 0.5) is 0 Å². The Morgan fingerprint density at radius 1 is 0.658 bits per heavy atom. The molecule has 1 N–H and O–H groups in total. The van der Waals surface area contributed by atoms with E-state index in [-0.39, 0.29) is 24.9 Å². The first kappa shape index (κ1) is 35.1. The molecule has 0 saturated carbocycles. The predicted octanol–water partition coefficient (Wildman–Crippen LogP) is 9.77. The maximum absolute atomic E-state index is 12.3. The van der Waals surface area contributed by atoms with Crippen molar-refractivity contribution in [3.8, 4) is 0 Å². The molecule has 0 aromatic heterocycles. The van der Waals surface area contributed by atoms with Gasteiger partial charge in [0.1, 0.15) is 6.10 Å². The molecule has 38 heavy (non-hydrogen) atoms. The van der Waals surface area contributed by atoms with Crippen molar-refractivity contribution in [2.24, 2.45) is 0 Å². The van der Waals surface area contributed by atoms with Crippen molar-refractivity contribution < 1.29 is 19.4 Å². The molecule has 0 fully saturated rings. The molecule has 0 saturated heterocycles. The summed E-state index contributed by atoms with van der Waals surface area (Å²) in [4.78, 5) is 23.0. The number of esters is 1. The summed E-state index contributed by atoms with van der Waals surface area (Å²) in [7, 11) is 0. The van der Waals surface area contributed by atoms with Gasteiger partial charge in [0.15, 0.2) is 0 Å². The zero-order valence-electron chi connectivity index (χ0n) is 23.9. The molecule has 0 radical (unpaired) electrons. The first-order valence-corrected chi connectivity index (χ1v) is 14.6. The molecule has 0 spiro atoms. The third-order valence-electron chi connectivity index (χ3n) is 5.60. The Balaban J connectivity index is 4.28. The molecule has 0 aromatic carbocycles. The van der Waals surface area contributed by atoms with E-state index in [9.17, 15) is 9.59 Å². The van der Waals surface area contributed by atoms with E-state index in [1.807, 2.05) is 18.2 Å². The Hall–Kier alpha value is -2.88. The lowest BCUT2D eigenvalue weighted by atomic mass is 10.1. The number of allylic oxidation sites excluding steroid dienone is 12. The highest BCUT2D eigenvalue weighted by molar-refractivity contribution is 5.71. The monoisotopic (exact) mass is 524 g/mol. The molecule has 0 heterocycles. The Kier molecular flexibility index (Phi) is 26.5. The lowest BCUT2D eigenvalue weighted by molar-refractivity contribution is -0.146. The lowest BCUT2D eigenvalue weighted by Gasteiger charge is -2.14. The maximum Gasteiger partial charge on any atom is 0.310 e. The number of ether oxygens (including phenoxy) is 1. The van der Waals surface area contributed by atoms with Crippen molar-refractivity contribution in [3.05, 3.63) is 85.1 Å². The quantitative estimate of drug-likeness (QED) is 0.0775. The first-order chi connectivity index (χ1) is 18.6. The molecule has 0 aromatic rings. The Morgan fingerprint density at radius 3 is 1.76 bits per heavy atom. The smallest absolute Gasteiger partial charge is 0.310 e. The minimum atomic E-state index is -0.745. The second-order valence-corrected chi connectivity index (χ2v) is 9.21. The summed E-state index contributed by atoms with van der Waals surface area (Å²) in [6.45, 7) is 4.30. The maximum atomic E-state index is 12.3. The number of carboxylic acid groups (broad SMARTS) is 1. The Morgan fingerprint density at radius 2 is 1.18 bits per heavy atom. The number of hydrogen-bond acceptors (Lipinski definition) is 3. The van der Waals surface area contributed by atoms with Crippen LogP contribution in [0.25, 0.3) is 0 Å². The van der Waals surface area contributed by atoms with E-state index in [1.54, 1.807) is 0 Å². The number of aliphatic carboxylic acids is 1. The summed E-state index contributed by atoms with van der Waals surface area (Å²) in [5.74, 6) is -0.959. The van der Waals surface area contributed by atoms with E-state index in [4.69, 9.17) is 9.84 Å². The molecular weight excluding hydrogens is 472 g/mol. The largest absolute Gasteiger partial charge is 0.481 e. The molecule has 0 aliphatic heterocycles. The Labute approximate surface area is 232 Å². The summed E-state index contributed by atoms with van der Waals surface area (Å²) < 4.78 is 5.71. The highest BCUT2D eigenvalue weighted by atomic mass is 16.5. The summed E-state index contributed by atoms with van der Waals surface area (Å²) in [5.41, 5.74) is 0. The number of rotatable bonds is 24. The average Bonchev–Trinajstić information content (AvgIpc) is 2.89. The highest BCUT2D eigenvalue weighted by Crippen LogP contribution is 2.12. The molecule has 1 unspecified atom stereocenters. The summed E-state index contributed by atoms with van der Waals surface area (Å²) in [6.07, 6.45) is 41.9. The van der Waals surface area contributed by atoms with Crippen molar-refractivity contribution in [2.75, 3.05) is 0 Å². The topological polar surface area (TPSA) is 63.6 Å². The van der Waals surface area contributed by atoms with E-state index in [2.05, 4.69) is 80.7 Å². The fourth-order valence-corrected chi connectivity index (χ4v) is 3.51. The van der Waals surface area contributed by atoms with Crippen LogP contribution in [0.5, 0.6) is 0 Å². The highest BCUT2D eigenvalue weighted by Gasteiger charge is 2.10. The number of unbranched alkanes of at least 4 members (excludes halogenated alkanes) is 4. The van der Waals surface area contributed by atoms with E-state index < -0.39 is 5.97 Å². The van der Waals surface area contributed by atoms with Crippen LogP contribution in [0.2, 0.25) is 0 Å². The van der Waals surface area contributed by atoms with Crippen LogP contribution in [0.3, 0.4) is 0 Å².